The molecule has 0 radical (unpaired) electrons. The van der Waals surface area contributed by atoms with Gasteiger partial charge in [0, 0.05) is 15.5 Å². The minimum absolute atomic E-state index is 0.0846. The number of aliphatic hydroxyl groups excluding tert-OH is 1. The fraction of sp³-hybridized carbons (Fsp3) is 0.0588. The molecule has 1 heterocycles. The topological polar surface area (TPSA) is 74.6 Å². The molecule has 108 valence electrons. The molecule has 0 spiro atoms. The number of phenolic OH excluding ortho intramolecular Hbond substituents is 1. The first-order valence-corrected chi connectivity index (χ1v) is 7.53. The van der Waals surface area contributed by atoms with Crippen LogP contribution in [-0.2, 0) is 0 Å². The molecule has 2 N–H and O–H groups in total. The van der Waals surface area contributed by atoms with Crippen LogP contribution in [0.5, 0.6) is 5.75 Å². The summed E-state index contributed by atoms with van der Waals surface area (Å²) in [5, 5.41) is 24.5. The van der Waals surface area contributed by atoms with Crippen LogP contribution in [0.25, 0.3) is 37.4 Å². The summed E-state index contributed by atoms with van der Waals surface area (Å²) in [6.45, 7) is 1.42. The van der Waals surface area contributed by atoms with Crippen molar-refractivity contribution >= 4 is 48.7 Å². The van der Waals surface area contributed by atoms with E-state index in [0.717, 1.165) is 10.1 Å². The third kappa shape index (κ3) is 1.46. The predicted octanol–water partition coefficient (Wildman–Crippen LogP) is 2.48. The van der Waals surface area contributed by atoms with E-state index in [-0.39, 0.29) is 32.9 Å². The first-order valence-electron chi connectivity index (χ1n) is 6.66. The van der Waals surface area contributed by atoms with E-state index in [0.29, 0.717) is 10.8 Å². The van der Waals surface area contributed by atoms with E-state index in [2.05, 4.69) is 0 Å². The molecule has 4 aromatic rings. The zero-order chi connectivity index (χ0) is 15.6. The Bertz CT molecular complexity index is 1230. The summed E-state index contributed by atoms with van der Waals surface area (Å²) in [7, 11) is 0. The van der Waals surface area contributed by atoms with Gasteiger partial charge in [0.15, 0.2) is 5.43 Å². The van der Waals surface area contributed by atoms with Crippen LogP contribution in [0.1, 0.15) is 6.92 Å². The van der Waals surface area contributed by atoms with E-state index in [1.54, 1.807) is 18.2 Å². The van der Waals surface area contributed by atoms with Crippen molar-refractivity contribution < 1.29 is 10.2 Å². The number of thiophene rings is 1. The highest BCUT2D eigenvalue weighted by atomic mass is 32.1. The van der Waals surface area contributed by atoms with Crippen LogP contribution in [0.15, 0.2) is 39.2 Å². The van der Waals surface area contributed by atoms with Gasteiger partial charge >= 0.3 is 0 Å². The summed E-state index contributed by atoms with van der Waals surface area (Å²) < 4.78 is 0.892. The van der Waals surface area contributed by atoms with Crippen LogP contribution >= 0.6 is 11.3 Å². The molecule has 5 heteroatoms. The Balaban J connectivity index is 2.50. The van der Waals surface area contributed by atoms with E-state index in [1.165, 1.54) is 24.3 Å². The number of fused-ring (bicyclic) bond motifs is 2. The number of aliphatic hydroxyl groups is 1. The molecule has 0 aliphatic carbocycles. The van der Waals surface area contributed by atoms with Crippen LogP contribution < -0.4 is 16.1 Å². The summed E-state index contributed by atoms with van der Waals surface area (Å²) in [4.78, 5) is 24.7. The number of aromatic hydroxyl groups is 1. The minimum atomic E-state index is -0.469. The zero-order valence-electron chi connectivity index (χ0n) is 11.5. The van der Waals surface area contributed by atoms with E-state index < -0.39 is 5.43 Å². The first-order chi connectivity index (χ1) is 10.5. The largest absolute Gasteiger partial charge is 0.512 e. The molecule has 0 saturated heterocycles. The standard InChI is InChI=1S/C17H10O4S/c1-7(18)8-2-3-9-10-6-22-12-5-4-11(19)15(13(10)12)17(21)14(9)16(8)20/h2-6,18,21H,1H3/b8-7-. The van der Waals surface area contributed by atoms with Crippen LogP contribution in [0.3, 0.4) is 0 Å². The number of phenols is 1. The Morgan fingerprint density at radius 3 is 2.50 bits per heavy atom. The molecule has 0 saturated carbocycles. The van der Waals surface area contributed by atoms with Gasteiger partial charge in [-0.05, 0) is 35.9 Å². The molecule has 4 rings (SSSR count). The Morgan fingerprint density at radius 2 is 1.77 bits per heavy atom. The molecule has 1 aromatic heterocycles. The van der Waals surface area contributed by atoms with Gasteiger partial charge in [-0.2, -0.15) is 0 Å². The maximum absolute atomic E-state index is 12.6. The zero-order valence-corrected chi connectivity index (χ0v) is 12.3. The van der Waals surface area contributed by atoms with Gasteiger partial charge in [-0.3, -0.25) is 9.59 Å². The summed E-state index contributed by atoms with van der Waals surface area (Å²) in [5.41, 5.74) is -0.784. The van der Waals surface area contributed by atoms with Crippen molar-refractivity contribution in [1.29, 1.82) is 0 Å². The van der Waals surface area contributed by atoms with Gasteiger partial charge in [-0.15, -0.1) is 11.3 Å². The second-order valence-electron chi connectivity index (χ2n) is 5.26. The molecule has 3 aromatic carbocycles. The average molecular weight is 310 g/mol. The lowest BCUT2D eigenvalue weighted by atomic mass is 9.97. The van der Waals surface area contributed by atoms with Crippen molar-refractivity contribution in [2.45, 2.75) is 6.92 Å². The Morgan fingerprint density at radius 1 is 1.00 bits per heavy atom. The summed E-state index contributed by atoms with van der Waals surface area (Å²) in [5.74, 6) is -0.415. The first kappa shape index (κ1) is 13.0. The third-order valence-electron chi connectivity index (χ3n) is 4.01. The van der Waals surface area contributed by atoms with Crippen molar-refractivity contribution in [3.8, 4) is 5.75 Å². The predicted molar refractivity (Wildman–Crippen MR) is 89.2 cm³/mol. The Kier molecular flexibility index (Phi) is 2.47. The molecule has 0 fully saturated rings. The van der Waals surface area contributed by atoms with Crippen LogP contribution in [0.2, 0.25) is 0 Å². The summed E-state index contributed by atoms with van der Waals surface area (Å²) in [6, 6.07) is 6.37. The molecule has 4 nitrogen and oxygen atoms in total. The monoisotopic (exact) mass is 310 g/mol. The maximum atomic E-state index is 12.6. The van der Waals surface area contributed by atoms with Gasteiger partial charge in [0.25, 0.3) is 0 Å². The molecular weight excluding hydrogens is 300 g/mol. The van der Waals surface area contributed by atoms with E-state index >= 15 is 0 Å². The minimum Gasteiger partial charge on any atom is -0.512 e. The van der Waals surface area contributed by atoms with E-state index in [1.807, 2.05) is 5.38 Å². The molecule has 0 atom stereocenters. The Hall–Kier alpha value is -2.66. The van der Waals surface area contributed by atoms with Crippen molar-refractivity contribution in [2.24, 2.45) is 0 Å². The highest BCUT2D eigenvalue weighted by Crippen LogP contribution is 2.40. The molecule has 0 aliphatic rings. The lowest BCUT2D eigenvalue weighted by Crippen LogP contribution is -2.26. The van der Waals surface area contributed by atoms with E-state index in [4.69, 9.17) is 0 Å². The van der Waals surface area contributed by atoms with E-state index in [9.17, 15) is 19.8 Å². The van der Waals surface area contributed by atoms with Crippen molar-refractivity contribution in [1.82, 2.24) is 0 Å². The van der Waals surface area contributed by atoms with Crippen LogP contribution in [-0.4, -0.2) is 10.2 Å². The quantitative estimate of drug-likeness (QED) is 0.489. The Labute approximate surface area is 127 Å². The average Bonchev–Trinajstić information content (AvgIpc) is 2.89. The van der Waals surface area contributed by atoms with Crippen molar-refractivity contribution in [3.05, 3.63) is 55.3 Å². The van der Waals surface area contributed by atoms with Gasteiger partial charge in [0.1, 0.15) is 11.5 Å². The normalized spacial score (nSPS) is 13.3. The van der Waals surface area contributed by atoms with Crippen LogP contribution in [0.4, 0.5) is 0 Å². The van der Waals surface area contributed by atoms with Crippen molar-refractivity contribution in [3.63, 3.8) is 0 Å². The van der Waals surface area contributed by atoms with Crippen LogP contribution in [0, 0.1) is 0 Å². The lowest BCUT2D eigenvalue weighted by Gasteiger charge is -2.06. The molecule has 0 unspecified atom stereocenters. The fourth-order valence-corrected chi connectivity index (χ4v) is 3.96. The van der Waals surface area contributed by atoms with Gasteiger partial charge in [-0.1, -0.05) is 6.07 Å². The fourth-order valence-electron chi connectivity index (χ4n) is 3.00. The van der Waals surface area contributed by atoms with Gasteiger partial charge < -0.3 is 10.2 Å². The highest BCUT2D eigenvalue weighted by Gasteiger charge is 2.18. The highest BCUT2D eigenvalue weighted by molar-refractivity contribution is 7.18. The number of rotatable bonds is 0. The van der Waals surface area contributed by atoms with Gasteiger partial charge in [0.05, 0.1) is 16.0 Å². The van der Waals surface area contributed by atoms with Gasteiger partial charge in [0.2, 0.25) is 5.43 Å². The smallest absolute Gasteiger partial charge is 0.200 e. The second kappa shape index (κ2) is 4.18. The lowest BCUT2D eigenvalue weighted by molar-refractivity contribution is 0.487. The second-order valence-corrected chi connectivity index (χ2v) is 6.17. The third-order valence-corrected chi connectivity index (χ3v) is 4.96. The van der Waals surface area contributed by atoms with Crippen molar-refractivity contribution in [2.75, 3.05) is 0 Å². The maximum Gasteiger partial charge on any atom is 0.200 e. The number of hydrogen-bond donors (Lipinski definition) is 2. The molecule has 22 heavy (non-hydrogen) atoms. The number of benzene rings is 3. The molecule has 0 amide bonds. The summed E-state index contributed by atoms with van der Waals surface area (Å²) >= 11 is 1.46. The number of hydrogen-bond acceptors (Lipinski definition) is 5. The SMILES string of the molecule is C/C(O)=c1\ccc2c(c(O)c3c(=O)ccc4scc2c43)c1=O. The molecule has 0 aliphatic heterocycles. The molecule has 0 bridgehead atoms. The molecular formula is C17H10O4S. The summed E-state index contributed by atoms with van der Waals surface area (Å²) in [6.07, 6.45) is 0. The van der Waals surface area contributed by atoms with Gasteiger partial charge in [-0.25, -0.2) is 0 Å².